The minimum absolute atomic E-state index is 0.00448. The minimum atomic E-state index is -2.92. The molecule has 19 heavy (non-hydrogen) atoms. The Labute approximate surface area is 115 Å². The predicted octanol–water partition coefficient (Wildman–Crippen LogP) is 1.49. The summed E-state index contributed by atoms with van der Waals surface area (Å²) in [7, 11) is -2.92. The van der Waals surface area contributed by atoms with Crippen LogP contribution in [-0.2, 0) is 9.84 Å². The Morgan fingerprint density at radius 3 is 2.84 bits per heavy atom. The molecule has 1 atom stereocenters. The largest absolute Gasteiger partial charge is 0.370 e. The molecule has 0 aliphatic carbocycles. The van der Waals surface area contributed by atoms with Crippen molar-refractivity contribution in [3.63, 3.8) is 0 Å². The van der Waals surface area contributed by atoms with Crippen LogP contribution in [0.25, 0.3) is 0 Å². The quantitative estimate of drug-likeness (QED) is 0.513. The molecule has 2 heterocycles. The van der Waals surface area contributed by atoms with Crippen molar-refractivity contribution in [3.05, 3.63) is 27.4 Å². The van der Waals surface area contributed by atoms with Gasteiger partial charge >= 0.3 is 0 Å². The number of pyridine rings is 1. The number of sulfone groups is 1. The van der Waals surface area contributed by atoms with Crippen molar-refractivity contribution in [3.8, 4) is 0 Å². The van der Waals surface area contributed by atoms with Gasteiger partial charge in [0.1, 0.15) is 11.0 Å². The minimum Gasteiger partial charge on any atom is -0.370 e. The van der Waals surface area contributed by atoms with E-state index in [1.165, 1.54) is 6.07 Å². The van der Waals surface area contributed by atoms with Crippen molar-refractivity contribution >= 4 is 32.9 Å². The highest BCUT2D eigenvalue weighted by atomic mass is 35.5. The van der Waals surface area contributed by atoms with Gasteiger partial charge in [-0.1, -0.05) is 11.6 Å². The monoisotopic (exact) mass is 305 g/mol. The molecule has 1 saturated heterocycles. The van der Waals surface area contributed by atoms with E-state index in [0.29, 0.717) is 13.0 Å². The zero-order valence-electron chi connectivity index (χ0n) is 9.87. The first-order chi connectivity index (χ1) is 8.85. The van der Waals surface area contributed by atoms with Gasteiger partial charge < -0.3 is 5.32 Å². The third kappa shape index (κ3) is 3.77. The highest BCUT2D eigenvalue weighted by Crippen LogP contribution is 2.22. The molecule has 0 aromatic carbocycles. The summed E-state index contributed by atoms with van der Waals surface area (Å²) in [6, 6.07) is 2.43. The predicted molar refractivity (Wildman–Crippen MR) is 71.2 cm³/mol. The van der Waals surface area contributed by atoms with Crippen LogP contribution in [0, 0.1) is 16.0 Å². The summed E-state index contributed by atoms with van der Waals surface area (Å²) in [4.78, 5) is 14.0. The van der Waals surface area contributed by atoms with E-state index in [1.54, 1.807) is 0 Å². The number of rotatable bonds is 4. The van der Waals surface area contributed by atoms with Gasteiger partial charge in [-0.2, -0.15) is 0 Å². The molecule has 1 N–H and O–H groups in total. The average molecular weight is 306 g/mol. The molecule has 1 unspecified atom stereocenters. The van der Waals surface area contributed by atoms with E-state index < -0.39 is 14.8 Å². The summed E-state index contributed by atoms with van der Waals surface area (Å²) in [5.41, 5.74) is -0.151. The van der Waals surface area contributed by atoms with Crippen LogP contribution in [0.15, 0.2) is 12.1 Å². The molecule has 7 nitrogen and oxygen atoms in total. The van der Waals surface area contributed by atoms with Gasteiger partial charge in [-0.15, -0.1) is 0 Å². The van der Waals surface area contributed by atoms with E-state index in [-0.39, 0.29) is 34.1 Å². The van der Waals surface area contributed by atoms with Crippen LogP contribution in [0.2, 0.25) is 5.15 Å². The Morgan fingerprint density at radius 2 is 2.26 bits per heavy atom. The van der Waals surface area contributed by atoms with E-state index >= 15 is 0 Å². The van der Waals surface area contributed by atoms with Gasteiger partial charge in [0.2, 0.25) is 0 Å². The zero-order valence-corrected chi connectivity index (χ0v) is 11.4. The van der Waals surface area contributed by atoms with Crippen molar-refractivity contribution < 1.29 is 13.3 Å². The smallest absolute Gasteiger partial charge is 0.276 e. The molecule has 0 radical (unpaired) electrons. The first kappa shape index (κ1) is 14.0. The lowest BCUT2D eigenvalue weighted by molar-refractivity contribution is -0.384. The fourth-order valence-electron chi connectivity index (χ4n) is 1.96. The van der Waals surface area contributed by atoms with Crippen LogP contribution in [0.1, 0.15) is 6.42 Å². The fourth-order valence-corrected chi connectivity index (χ4v) is 4.03. The number of aromatic nitrogens is 1. The summed E-state index contributed by atoms with van der Waals surface area (Å²) in [6.07, 6.45) is 0.595. The number of nitrogens with zero attached hydrogens (tertiary/aromatic N) is 2. The van der Waals surface area contributed by atoms with Gasteiger partial charge in [-0.25, -0.2) is 13.4 Å². The van der Waals surface area contributed by atoms with Crippen molar-refractivity contribution in [2.45, 2.75) is 6.42 Å². The molecule has 0 spiro atoms. The third-order valence-corrected chi connectivity index (χ3v) is 4.92. The lowest BCUT2D eigenvalue weighted by Crippen LogP contribution is -2.16. The molecule has 1 aromatic heterocycles. The molecular formula is C10H12ClN3O4S. The molecule has 1 aliphatic rings. The lowest BCUT2D eigenvalue weighted by atomic mass is 10.1. The van der Waals surface area contributed by atoms with Crippen LogP contribution >= 0.6 is 11.6 Å². The maximum absolute atomic E-state index is 11.3. The van der Waals surface area contributed by atoms with Gasteiger partial charge in [-0.05, 0) is 12.3 Å². The highest BCUT2D eigenvalue weighted by Gasteiger charge is 2.27. The fraction of sp³-hybridized carbons (Fsp3) is 0.500. The maximum Gasteiger partial charge on any atom is 0.276 e. The topological polar surface area (TPSA) is 102 Å². The molecule has 104 valence electrons. The second-order valence-corrected chi connectivity index (χ2v) is 7.06. The van der Waals surface area contributed by atoms with Crippen LogP contribution < -0.4 is 5.32 Å². The molecule has 0 amide bonds. The van der Waals surface area contributed by atoms with Crippen molar-refractivity contribution in [2.75, 3.05) is 23.4 Å². The van der Waals surface area contributed by atoms with E-state index in [1.807, 2.05) is 0 Å². The van der Waals surface area contributed by atoms with E-state index in [4.69, 9.17) is 11.6 Å². The van der Waals surface area contributed by atoms with Crippen LogP contribution in [-0.4, -0.2) is 36.4 Å². The van der Waals surface area contributed by atoms with E-state index in [9.17, 15) is 18.5 Å². The second-order valence-electron chi connectivity index (χ2n) is 4.44. The molecule has 1 fully saturated rings. The summed E-state index contributed by atoms with van der Waals surface area (Å²) in [6.45, 7) is 0.406. The Morgan fingerprint density at radius 1 is 1.53 bits per heavy atom. The number of halogens is 1. The molecular weight excluding hydrogens is 294 g/mol. The average Bonchev–Trinajstić information content (AvgIpc) is 2.65. The Bertz CT molecular complexity index is 605. The summed E-state index contributed by atoms with van der Waals surface area (Å²) >= 11 is 5.68. The van der Waals surface area contributed by atoms with Gasteiger partial charge in [0.15, 0.2) is 9.84 Å². The first-order valence-electron chi connectivity index (χ1n) is 5.62. The third-order valence-electron chi connectivity index (χ3n) is 2.89. The number of anilines is 1. The van der Waals surface area contributed by atoms with Crippen LogP contribution in [0.3, 0.4) is 0 Å². The van der Waals surface area contributed by atoms with E-state index in [0.717, 1.165) is 6.07 Å². The number of hydrogen-bond acceptors (Lipinski definition) is 6. The second kappa shape index (κ2) is 5.30. The molecule has 1 aliphatic heterocycles. The summed E-state index contributed by atoms with van der Waals surface area (Å²) in [5, 5.41) is 13.6. The summed E-state index contributed by atoms with van der Waals surface area (Å²) < 4.78 is 22.6. The van der Waals surface area contributed by atoms with E-state index in [2.05, 4.69) is 10.3 Å². The number of nitro groups is 1. The Hall–Kier alpha value is -1.41. The molecule has 1 aromatic rings. The van der Waals surface area contributed by atoms with Crippen molar-refractivity contribution in [2.24, 2.45) is 5.92 Å². The zero-order chi connectivity index (χ0) is 14.0. The first-order valence-corrected chi connectivity index (χ1v) is 7.82. The molecule has 9 heteroatoms. The normalized spacial score (nSPS) is 21.2. The van der Waals surface area contributed by atoms with Gasteiger partial charge in [-0.3, -0.25) is 10.1 Å². The lowest BCUT2D eigenvalue weighted by Gasteiger charge is -2.10. The number of nitrogens with one attached hydrogen (secondary N) is 1. The molecule has 0 saturated carbocycles. The van der Waals surface area contributed by atoms with Gasteiger partial charge in [0, 0.05) is 6.54 Å². The molecule has 2 rings (SSSR count). The standard InChI is InChI=1S/C10H12ClN3O4S/c11-9-3-8(14(15)16)4-10(13-9)12-5-7-1-2-19(17,18)6-7/h3-4,7H,1-2,5-6H2,(H,12,13). The van der Waals surface area contributed by atoms with Gasteiger partial charge in [0.05, 0.1) is 28.6 Å². The molecule has 0 bridgehead atoms. The highest BCUT2D eigenvalue weighted by molar-refractivity contribution is 7.91. The van der Waals surface area contributed by atoms with Crippen LogP contribution in [0.4, 0.5) is 11.5 Å². The van der Waals surface area contributed by atoms with Crippen molar-refractivity contribution in [1.29, 1.82) is 0 Å². The Balaban J connectivity index is 2.02. The SMILES string of the molecule is O=[N+]([O-])c1cc(Cl)nc(NCC2CCS(=O)(=O)C2)c1. The van der Waals surface area contributed by atoms with Crippen LogP contribution in [0.5, 0.6) is 0 Å². The number of hydrogen-bond donors (Lipinski definition) is 1. The Kier molecular flexibility index (Phi) is 3.91. The maximum atomic E-state index is 11.3. The van der Waals surface area contributed by atoms with Gasteiger partial charge in [0.25, 0.3) is 5.69 Å². The summed E-state index contributed by atoms with van der Waals surface area (Å²) in [5.74, 6) is 0.624. The van der Waals surface area contributed by atoms with Crippen molar-refractivity contribution in [1.82, 2.24) is 4.98 Å².